The van der Waals surface area contributed by atoms with Gasteiger partial charge < -0.3 is 43.4 Å². The number of nitrogens with zero attached hydrogens (tertiary/aromatic N) is 3. The van der Waals surface area contributed by atoms with E-state index in [0.29, 0.717) is 32.5 Å². The average molecular weight is 1180 g/mol. The van der Waals surface area contributed by atoms with Crippen LogP contribution in [0.5, 0.6) is 0 Å². The molecule has 4 atom stereocenters. The molecule has 14 nitrogen and oxygen atoms in total. The number of halogens is 2. The molecule has 1 N–H and O–H groups in total. The van der Waals surface area contributed by atoms with Crippen LogP contribution in [0.15, 0.2) is 60.7 Å². The van der Waals surface area contributed by atoms with E-state index in [4.69, 9.17) is 43.1 Å². The van der Waals surface area contributed by atoms with Gasteiger partial charge in [0.1, 0.15) is 29.4 Å². The number of aromatic nitrogens is 2. The Labute approximate surface area is 504 Å². The number of carbonyl (C=O) groups is 3. The lowest BCUT2D eigenvalue weighted by atomic mass is 9.77. The summed E-state index contributed by atoms with van der Waals surface area (Å²) in [5.41, 5.74) is 9.98. The van der Waals surface area contributed by atoms with E-state index in [-0.39, 0.29) is 90.6 Å². The largest absolute Gasteiger partial charge is 0.460 e. The number of esters is 2. The number of ether oxygens (including phenoxy) is 7. The van der Waals surface area contributed by atoms with Gasteiger partial charge in [0.05, 0.1) is 60.0 Å². The first kappa shape index (κ1) is 66.8. The summed E-state index contributed by atoms with van der Waals surface area (Å²) in [6, 6.07) is 13.2. The Balaban J connectivity index is 0.000000245. The fourth-order valence-electron chi connectivity index (χ4n) is 12.0. The third-order valence-electron chi connectivity index (χ3n) is 15.1. The monoisotopic (exact) mass is 1180 g/mol. The van der Waals surface area contributed by atoms with Gasteiger partial charge in [-0.2, -0.15) is 0 Å². The molecule has 0 aliphatic carbocycles. The number of pyridine rings is 2. The summed E-state index contributed by atoms with van der Waals surface area (Å²) in [5, 5.41) is 3.56. The van der Waals surface area contributed by atoms with Crippen LogP contribution < -0.4 is 5.32 Å². The van der Waals surface area contributed by atoms with Crippen molar-refractivity contribution in [1.29, 1.82) is 0 Å². The zero-order valence-corrected chi connectivity index (χ0v) is 53.9. The summed E-state index contributed by atoms with van der Waals surface area (Å²) in [7, 11) is 1.52. The minimum Gasteiger partial charge on any atom is -0.460 e. The number of nitrogens with one attached hydrogen (secondary N) is 1. The molecule has 0 spiro atoms. The second kappa shape index (κ2) is 26.3. The Morgan fingerprint density at radius 1 is 0.647 bits per heavy atom. The molecule has 2 saturated heterocycles. The van der Waals surface area contributed by atoms with Crippen LogP contribution in [-0.2, 0) is 71.5 Å². The second-order valence-electron chi connectivity index (χ2n) is 28.0. The van der Waals surface area contributed by atoms with Crippen molar-refractivity contribution in [3.05, 3.63) is 117 Å². The van der Waals surface area contributed by atoms with E-state index < -0.39 is 28.2 Å². The summed E-state index contributed by atoms with van der Waals surface area (Å²) in [5.74, 6) is -2.82. The van der Waals surface area contributed by atoms with Crippen LogP contribution in [0.1, 0.15) is 207 Å². The summed E-state index contributed by atoms with van der Waals surface area (Å²) >= 11 is 0. The van der Waals surface area contributed by atoms with Crippen molar-refractivity contribution in [3.63, 3.8) is 0 Å². The molecule has 4 aliphatic heterocycles. The Bertz CT molecular complexity index is 3100. The first-order chi connectivity index (χ1) is 39.4. The van der Waals surface area contributed by atoms with E-state index in [9.17, 15) is 23.2 Å². The zero-order chi connectivity index (χ0) is 62.8. The van der Waals surface area contributed by atoms with E-state index in [0.717, 1.165) is 73.8 Å². The highest BCUT2D eigenvalue weighted by Crippen LogP contribution is 2.45. The summed E-state index contributed by atoms with van der Waals surface area (Å²) in [4.78, 5) is 50.6. The molecule has 8 rings (SSSR count). The smallest absolute Gasteiger partial charge is 0.308 e. The van der Waals surface area contributed by atoms with E-state index >= 15 is 0 Å². The maximum absolute atomic E-state index is 14.2. The van der Waals surface area contributed by atoms with Crippen LogP contribution in [0.25, 0.3) is 34.4 Å². The van der Waals surface area contributed by atoms with Gasteiger partial charge in [-0.3, -0.25) is 24.4 Å². The molecular formula is C69H94F2N4O10. The van der Waals surface area contributed by atoms with Crippen molar-refractivity contribution < 1.29 is 56.3 Å². The van der Waals surface area contributed by atoms with Crippen LogP contribution in [0.3, 0.4) is 0 Å². The van der Waals surface area contributed by atoms with Crippen LogP contribution in [-0.4, -0.2) is 107 Å². The highest BCUT2D eigenvalue weighted by atomic mass is 19.1. The van der Waals surface area contributed by atoms with Crippen molar-refractivity contribution in [2.45, 2.75) is 233 Å². The highest BCUT2D eigenvalue weighted by molar-refractivity contribution is 5.84. The van der Waals surface area contributed by atoms with Gasteiger partial charge in [-0.1, -0.05) is 104 Å². The number of carbonyl (C=O) groups excluding carboxylic acids is 3. The summed E-state index contributed by atoms with van der Waals surface area (Å²) in [6.45, 7) is 38.1. The van der Waals surface area contributed by atoms with Crippen molar-refractivity contribution >= 4 is 30.0 Å². The topological polar surface area (TPSA) is 157 Å². The molecule has 85 heavy (non-hydrogen) atoms. The Morgan fingerprint density at radius 2 is 1.06 bits per heavy atom. The molecule has 2 fully saturated rings. The van der Waals surface area contributed by atoms with Gasteiger partial charge in [0.2, 0.25) is 5.91 Å². The molecule has 4 aromatic rings. The molecule has 6 heterocycles. The molecule has 464 valence electrons. The van der Waals surface area contributed by atoms with Crippen LogP contribution in [0.2, 0.25) is 0 Å². The quantitative estimate of drug-likeness (QED) is 0.119. The van der Waals surface area contributed by atoms with Gasteiger partial charge in [-0.25, -0.2) is 8.78 Å². The van der Waals surface area contributed by atoms with Gasteiger partial charge in [-0.05, 0) is 133 Å². The molecule has 0 radical (unpaired) electrons. The van der Waals surface area contributed by atoms with E-state index in [1.807, 2.05) is 98.4 Å². The van der Waals surface area contributed by atoms with Gasteiger partial charge >= 0.3 is 11.9 Å². The maximum Gasteiger partial charge on any atom is 0.308 e. The number of rotatable bonds is 14. The molecule has 0 bridgehead atoms. The van der Waals surface area contributed by atoms with Gasteiger partial charge in [0.25, 0.3) is 0 Å². The lowest BCUT2D eigenvalue weighted by Crippen LogP contribution is -2.47. The number of hydrogen-bond donors (Lipinski definition) is 1. The first-order valence-electron chi connectivity index (χ1n) is 30.1. The average Bonchev–Trinajstić information content (AvgIpc) is 3.57. The van der Waals surface area contributed by atoms with Crippen molar-refractivity contribution in [3.8, 4) is 22.3 Å². The summed E-state index contributed by atoms with van der Waals surface area (Å²) < 4.78 is 69.1. The lowest BCUT2D eigenvalue weighted by Gasteiger charge is -2.41. The summed E-state index contributed by atoms with van der Waals surface area (Å²) in [6.07, 6.45) is 8.09. The molecule has 2 aromatic carbocycles. The van der Waals surface area contributed by atoms with Crippen molar-refractivity contribution in [2.24, 2.45) is 0 Å². The Hall–Kier alpha value is -5.75. The van der Waals surface area contributed by atoms with Crippen LogP contribution >= 0.6 is 0 Å². The van der Waals surface area contributed by atoms with E-state index in [2.05, 4.69) is 72.9 Å². The number of hydrogen-bond acceptors (Lipinski definition) is 13. The molecule has 4 aliphatic rings. The zero-order valence-electron chi connectivity index (χ0n) is 53.9. The SMILES string of the molecule is CC(C)c1nc2c(c(-c3ccc(F)cc3)c1/C=C/[C@@H]1C[C@H](CC(=O)OC(C)(C)C)OC(C)(C)O1)CNCC2(C)C.COCC(=O)N1Cc2c(nc(C(C)C)c(/C=C/[C@@H]3C[C@H](CC(=O)OC(C)(C)C)OC(C)(C)O3)c2-c2ccc(F)cc2)C(C)(C)C1. The number of fused-ring (bicyclic) bond motifs is 2. The molecular weight excluding hydrogens is 1080 g/mol. The van der Waals surface area contributed by atoms with Gasteiger partial charge in [0, 0.05) is 73.7 Å². The van der Waals surface area contributed by atoms with Crippen LogP contribution in [0.4, 0.5) is 8.78 Å². The van der Waals surface area contributed by atoms with Crippen molar-refractivity contribution in [1.82, 2.24) is 20.2 Å². The minimum atomic E-state index is -0.916. The number of methoxy groups -OCH3 is 1. The Morgan fingerprint density at radius 3 is 1.46 bits per heavy atom. The minimum absolute atomic E-state index is 0.0110. The standard InChI is InChI=1S/C36H49FN2O6.C33H45FN2O4/c1-22(2)32-27(16-15-25-17-26(44-36(8,9)43-25)18-30(41)45-34(3,4)5)31(23-11-13-24(37)14-12-23)28-19-39(29(40)20-42-10)21-35(6,7)33(28)38-32;1-20(2)29-25(15-14-23-16-24(39-33(8,9)38-23)17-27(37)40-31(3,4)5)28(21-10-12-22(34)13-11-21)26-18-35-19-32(6,7)30(26)36-29/h11-16,22,25-26H,17-21H2,1-10H3;10-15,20,23-24,35H,16-19H2,1-9H3/b16-15+;15-14+/t25-,26-;23-,24-/m11/s1. The predicted octanol–water partition coefficient (Wildman–Crippen LogP) is 14.0. The van der Waals surface area contributed by atoms with Crippen molar-refractivity contribution in [2.75, 3.05) is 26.8 Å². The molecule has 0 saturated carbocycles. The third-order valence-corrected chi connectivity index (χ3v) is 15.1. The maximum atomic E-state index is 14.2. The van der Waals surface area contributed by atoms with E-state index in [1.54, 1.807) is 12.1 Å². The molecule has 2 aromatic heterocycles. The highest BCUT2D eigenvalue weighted by Gasteiger charge is 2.41. The normalized spacial score (nSPS) is 21.8. The fraction of sp³-hybridized carbons (Fsp3) is 0.580. The second-order valence-corrected chi connectivity index (χ2v) is 28.0. The lowest BCUT2D eigenvalue weighted by molar-refractivity contribution is -0.291. The molecule has 1 amide bonds. The number of benzene rings is 2. The van der Waals surface area contributed by atoms with E-state index in [1.165, 1.54) is 31.4 Å². The predicted molar refractivity (Wildman–Crippen MR) is 328 cm³/mol. The van der Waals surface area contributed by atoms with Crippen LogP contribution in [0, 0.1) is 11.6 Å². The van der Waals surface area contributed by atoms with Gasteiger partial charge in [0.15, 0.2) is 11.6 Å². The van der Waals surface area contributed by atoms with Gasteiger partial charge in [-0.15, -0.1) is 0 Å². The first-order valence-corrected chi connectivity index (χ1v) is 30.1. The molecule has 16 heteroatoms. The molecule has 0 unspecified atom stereocenters. The third kappa shape index (κ3) is 17.5. The number of amides is 1. The fourth-order valence-corrected chi connectivity index (χ4v) is 12.0. The Kier molecular flexibility index (Phi) is 20.7.